The lowest BCUT2D eigenvalue weighted by Gasteiger charge is -2.29. The van der Waals surface area contributed by atoms with Gasteiger partial charge in [-0.3, -0.25) is 10.00 Å². The van der Waals surface area contributed by atoms with Crippen LogP contribution in [0.1, 0.15) is 12.5 Å². The third-order valence-corrected chi connectivity index (χ3v) is 3.37. The summed E-state index contributed by atoms with van der Waals surface area (Å²) in [7, 11) is 0. The summed E-state index contributed by atoms with van der Waals surface area (Å²) < 4.78 is 0. The first-order valence-corrected chi connectivity index (χ1v) is 6.46. The zero-order valence-corrected chi connectivity index (χ0v) is 11.2. The van der Waals surface area contributed by atoms with E-state index in [-0.39, 0.29) is 6.03 Å². The minimum atomic E-state index is -0.113. The number of halogens is 1. The van der Waals surface area contributed by atoms with Crippen LogP contribution < -0.4 is 10.2 Å². The van der Waals surface area contributed by atoms with E-state index in [1.54, 1.807) is 17.2 Å². The van der Waals surface area contributed by atoms with Gasteiger partial charge in [0.15, 0.2) is 0 Å². The zero-order chi connectivity index (χ0) is 13.4. The molecule has 98 valence electrons. The van der Waals surface area contributed by atoms with E-state index in [2.05, 4.69) is 15.5 Å². The fraction of sp³-hybridized carbons (Fsp3) is 0.231. The minimum absolute atomic E-state index is 0.113. The minimum Gasteiger partial charge on any atom is -0.338 e. The van der Waals surface area contributed by atoms with Gasteiger partial charge in [-0.05, 0) is 25.1 Å². The molecule has 0 saturated heterocycles. The number of rotatable bonds is 1. The fourth-order valence-electron chi connectivity index (χ4n) is 2.29. The summed E-state index contributed by atoms with van der Waals surface area (Å²) in [6, 6.07) is 5.38. The summed E-state index contributed by atoms with van der Waals surface area (Å²) in [6.07, 6.45) is 1.74. The molecule has 3 rings (SSSR count). The number of urea groups is 1. The zero-order valence-electron chi connectivity index (χ0n) is 10.4. The predicted octanol–water partition coefficient (Wildman–Crippen LogP) is 2.78. The molecule has 5 nitrogen and oxygen atoms in total. The molecule has 0 radical (unpaired) electrons. The van der Waals surface area contributed by atoms with Crippen molar-refractivity contribution in [2.75, 3.05) is 11.4 Å². The molecule has 0 spiro atoms. The largest absolute Gasteiger partial charge is 0.338 e. The number of H-pyrrole nitrogens is 1. The maximum atomic E-state index is 12.1. The summed E-state index contributed by atoms with van der Waals surface area (Å²) in [5.74, 6) is 0. The number of fused-ring (bicyclic) bond motifs is 3. The average Bonchev–Trinajstić information content (AvgIpc) is 2.86. The first-order valence-electron chi connectivity index (χ1n) is 6.08. The molecule has 0 saturated carbocycles. The SMILES string of the molecule is CCNC(=O)N1Cc2cn[nH]c2-c2cc(Cl)ccc21. The summed E-state index contributed by atoms with van der Waals surface area (Å²) in [5.41, 5.74) is 3.66. The van der Waals surface area contributed by atoms with Crippen LogP contribution >= 0.6 is 11.6 Å². The van der Waals surface area contributed by atoms with Crippen molar-refractivity contribution in [2.24, 2.45) is 0 Å². The van der Waals surface area contributed by atoms with E-state index in [0.29, 0.717) is 18.1 Å². The smallest absolute Gasteiger partial charge is 0.322 e. The highest BCUT2D eigenvalue weighted by Gasteiger charge is 2.27. The van der Waals surface area contributed by atoms with E-state index < -0.39 is 0 Å². The molecule has 1 aromatic heterocycles. The quantitative estimate of drug-likeness (QED) is 0.841. The Morgan fingerprint density at radius 3 is 3.21 bits per heavy atom. The molecule has 1 aliphatic rings. The third kappa shape index (κ3) is 1.96. The van der Waals surface area contributed by atoms with Gasteiger partial charge in [-0.1, -0.05) is 11.6 Å². The predicted molar refractivity (Wildman–Crippen MR) is 74.3 cm³/mol. The molecule has 6 heteroatoms. The second-order valence-electron chi connectivity index (χ2n) is 4.35. The Balaban J connectivity index is 2.12. The molecule has 1 aromatic carbocycles. The van der Waals surface area contributed by atoms with Gasteiger partial charge >= 0.3 is 6.03 Å². The highest BCUT2D eigenvalue weighted by atomic mass is 35.5. The topological polar surface area (TPSA) is 61.0 Å². The first-order chi connectivity index (χ1) is 9.20. The summed E-state index contributed by atoms with van der Waals surface area (Å²) in [5, 5.41) is 10.5. The van der Waals surface area contributed by atoms with Crippen molar-refractivity contribution in [3.05, 3.63) is 35.0 Å². The second-order valence-corrected chi connectivity index (χ2v) is 4.79. The van der Waals surface area contributed by atoms with Gasteiger partial charge < -0.3 is 5.32 Å². The molecule has 0 atom stereocenters. The standard InChI is InChI=1S/C13H13ClN4O/c1-2-15-13(19)18-7-8-6-16-17-12(8)10-5-9(14)3-4-11(10)18/h3-6H,2,7H2,1H3,(H,15,19)(H,16,17). The highest BCUT2D eigenvalue weighted by molar-refractivity contribution is 6.31. The molecule has 2 N–H and O–H groups in total. The van der Waals surface area contributed by atoms with Gasteiger partial charge in [0.2, 0.25) is 0 Å². The van der Waals surface area contributed by atoms with E-state index in [9.17, 15) is 4.79 Å². The lowest BCUT2D eigenvalue weighted by Crippen LogP contribution is -2.40. The number of amides is 2. The summed E-state index contributed by atoms with van der Waals surface area (Å²) >= 11 is 6.05. The molecule has 1 aliphatic heterocycles. The molecule has 0 unspecified atom stereocenters. The van der Waals surface area contributed by atoms with E-state index in [1.807, 2.05) is 19.1 Å². The molecule has 2 aromatic rings. The van der Waals surface area contributed by atoms with Gasteiger partial charge in [0.25, 0.3) is 0 Å². The Kier molecular flexibility index (Phi) is 2.91. The van der Waals surface area contributed by atoms with Crippen LogP contribution in [0.3, 0.4) is 0 Å². The number of hydrogen-bond acceptors (Lipinski definition) is 2. The normalized spacial score (nSPS) is 12.8. The van der Waals surface area contributed by atoms with Crippen molar-refractivity contribution in [2.45, 2.75) is 13.5 Å². The van der Waals surface area contributed by atoms with Crippen LogP contribution in [0.4, 0.5) is 10.5 Å². The molecule has 0 aliphatic carbocycles. The van der Waals surface area contributed by atoms with Gasteiger partial charge in [0, 0.05) is 22.7 Å². The maximum absolute atomic E-state index is 12.1. The Labute approximate surface area is 115 Å². The highest BCUT2D eigenvalue weighted by Crippen LogP contribution is 2.39. The van der Waals surface area contributed by atoms with Crippen LogP contribution in [0.15, 0.2) is 24.4 Å². The number of aromatic amines is 1. The third-order valence-electron chi connectivity index (χ3n) is 3.14. The van der Waals surface area contributed by atoms with E-state index >= 15 is 0 Å². The maximum Gasteiger partial charge on any atom is 0.322 e. The molecule has 19 heavy (non-hydrogen) atoms. The lowest BCUT2D eigenvalue weighted by atomic mass is 10.0. The molecular formula is C13H13ClN4O. The number of carbonyl (C=O) groups excluding carboxylic acids is 1. The van der Waals surface area contributed by atoms with Gasteiger partial charge in [-0.2, -0.15) is 5.10 Å². The average molecular weight is 277 g/mol. The molecule has 2 heterocycles. The van der Waals surface area contributed by atoms with Crippen LogP contribution in [0.5, 0.6) is 0 Å². The van der Waals surface area contributed by atoms with Crippen LogP contribution in [-0.2, 0) is 6.54 Å². The van der Waals surface area contributed by atoms with Crippen molar-refractivity contribution in [3.63, 3.8) is 0 Å². The van der Waals surface area contributed by atoms with Gasteiger partial charge in [-0.25, -0.2) is 4.79 Å². The van der Waals surface area contributed by atoms with E-state index in [0.717, 1.165) is 22.5 Å². The Bertz CT molecular complexity index is 637. The monoisotopic (exact) mass is 276 g/mol. The number of nitrogens with zero attached hydrogens (tertiary/aromatic N) is 2. The van der Waals surface area contributed by atoms with Crippen LogP contribution in [-0.4, -0.2) is 22.8 Å². The second kappa shape index (κ2) is 4.59. The summed E-state index contributed by atoms with van der Waals surface area (Å²) in [6.45, 7) is 3.00. The molecule has 0 fully saturated rings. The van der Waals surface area contributed by atoms with Crippen molar-refractivity contribution >= 4 is 23.3 Å². The number of aromatic nitrogens is 2. The Hall–Kier alpha value is -2.01. The molecule has 2 amide bonds. The van der Waals surface area contributed by atoms with E-state index in [4.69, 9.17) is 11.6 Å². The first kappa shape index (κ1) is 12.0. The van der Waals surface area contributed by atoms with Gasteiger partial charge in [0.05, 0.1) is 24.1 Å². The van der Waals surface area contributed by atoms with Crippen molar-refractivity contribution in [1.29, 1.82) is 0 Å². The van der Waals surface area contributed by atoms with Crippen molar-refractivity contribution in [1.82, 2.24) is 15.5 Å². The fourth-order valence-corrected chi connectivity index (χ4v) is 2.46. The molecular weight excluding hydrogens is 264 g/mol. The van der Waals surface area contributed by atoms with Crippen LogP contribution in [0.25, 0.3) is 11.3 Å². The lowest BCUT2D eigenvalue weighted by molar-refractivity contribution is 0.246. The number of nitrogens with one attached hydrogen (secondary N) is 2. The van der Waals surface area contributed by atoms with Crippen LogP contribution in [0.2, 0.25) is 5.02 Å². The van der Waals surface area contributed by atoms with Crippen LogP contribution in [0, 0.1) is 0 Å². The summed E-state index contributed by atoms with van der Waals surface area (Å²) in [4.78, 5) is 13.8. The number of hydrogen-bond donors (Lipinski definition) is 2. The number of benzene rings is 1. The van der Waals surface area contributed by atoms with Crippen molar-refractivity contribution in [3.8, 4) is 11.3 Å². The number of carbonyl (C=O) groups is 1. The number of anilines is 1. The Morgan fingerprint density at radius 1 is 1.58 bits per heavy atom. The van der Waals surface area contributed by atoms with Gasteiger partial charge in [0.1, 0.15) is 0 Å². The molecule has 0 bridgehead atoms. The van der Waals surface area contributed by atoms with Crippen molar-refractivity contribution < 1.29 is 4.79 Å². The Morgan fingerprint density at radius 2 is 2.42 bits per heavy atom. The van der Waals surface area contributed by atoms with E-state index in [1.165, 1.54) is 0 Å². The van der Waals surface area contributed by atoms with Gasteiger partial charge in [-0.15, -0.1) is 0 Å².